The van der Waals surface area contributed by atoms with Crippen LogP contribution in [0.3, 0.4) is 0 Å². The van der Waals surface area contributed by atoms with Gasteiger partial charge in [0.05, 0.1) is 0 Å². The first-order chi connectivity index (χ1) is 34.3. The predicted molar refractivity (Wildman–Crippen MR) is 295 cm³/mol. The molecule has 1 aliphatic heterocycles. The maximum absolute atomic E-state index is 15.6. The molecule has 9 aromatic rings. The van der Waals surface area contributed by atoms with E-state index in [0.29, 0.717) is 17.1 Å². The number of pyridine rings is 1. The van der Waals surface area contributed by atoms with Gasteiger partial charge in [-0.05, 0) is 128 Å². The van der Waals surface area contributed by atoms with Gasteiger partial charge in [0.2, 0.25) is 0 Å². The van der Waals surface area contributed by atoms with Gasteiger partial charge in [0.15, 0.2) is 0 Å². The van der Waals surface area contributed by atoms with E-state index in [1.165, 1.54) is 28.3 Å². The molecule has 7 aromatic carbocycles. The average molecular weight is 1150 g/mol. The van der Waals surface area contributed by atoms with Crippen LogP contribution < -0.4 is 14.5 Å². The maximum Gasteiger partial charge on any atom is 0.135 e. The Morgan fingerprint density at radius 1 is 0.589 bits per heavy atom. The van der Waals surface area contributed by atoms with Gasteiger partial charge in [-0.3, -0.25) is 0 Å². The Kier molecular flexibility index (Phi) is 13.9. The third-order valence-electron chi connectivity index (χ3n) is 14.0. The van der Waals surface area contributed by atoms with E-state index in [-0.39, 0.29) is 49.6 Å². The van der Waals surface area contributed by atoms with E-state index in [9.17, 15) is 4.39 Å². The van der Waals surface area contributed by atoms with Crippen LogP contribution in [0.5, 0.6) is 11.5 Å². The molecule has 376 valence electrons. The SMILES string of the molecule is CC(C)c1ccc2c(c1)N(c1c(C(C)C)cc(-c3ccc(F)cc3F)cc1C(C)C)[CH-]N2c1[c-]c(Oc2[c-]c3c(cc2)c2ccccc2n3-c2ccccn2)cc(-c2c(C(C)(C)C)cccc2C(C)(C)C)c1.[Pt]. The van der Waals surface area contributed by atoms with E-state index in [1.807, 2.05) is 30.5 Å². The van der Waals surface area contributed by atoms with Crippen molar-refractivity contribution in [3.05, 3.63) is 198 Å². The number of benzene rings is 7. The van der Waals surface area contributed by atoms with E-state index in [2.05, 4.69) is 207 Å². The van der Waals surface area contributed by atoms with Crippen molar-refractivity contribution in [2.75, 3.05) is 9.80 Å². The fraction of sp³-hybridized carbons (Fsp3) is 0.262. The van der Waals surface area contributed by atoms with E-state index < -0.39 is 11.6 Å². The van der Waals surface area contributed by atoms with Crippen LogP contribution in [0.25, 0.3) is 49.9 Å². The van der Waals surface area contributed by atoms with Gasteiger partial charge in [-0.2, -0.15) is 6.07 Å². The van der Waals surface area contributed by atoms with Gasteiger partial charge < -0.3 is 19.1 Å². The van der Waals surface area contributed by atoms with E-state index >= 15 is 4.39 Å². The van der Waals surface area contributed by atoms with Crippen LogP contribution in [0.4, 0.5) is 31.5 Å². The number of aromatic nitrogens is 2. The van der Waals surface area contributed by atoms with Crippen molar-refractivity contribution in [1.29, 1.82) is 0 Å². The van der Waals surface area contributed by atoms with Gasteiger partial charge in [-0.15, -0.1) is 53.6 Å². The summed E-state index contributed by atoms with van der Waals surface area (Å²) in [6, 6.07) is 51.7. The molecule has 73 heavy (non-hydrogen) atoms. The van der Waals surface area contributed by atoms with Crippen molar-refractivity contribution >= 4 is 44.6 Å². The number of fused-ring (bicyclic) bond motifs is 4. The van der Waals surface area contributed by atoms with E-state index in [4.69, 9.17) is 9.72 Å². The van der Waals surface area contributed by atoms with Crippen LogP contribution >= 0.6 is 0 Å². The van der Waals surface area contributed by atoms with Crippen molar-refractivity contribution in [1.82, 2.24) is 9.55 Å². The molecule has 0 radical (unpaired) electrons. The van der Waals surface area contributed by atoms with Crippen LogP contribution in [-0.4, -0.2) is 9.55 Å². The Hall–Kier alpha value is -6.56. The molecular weight excluding hydrogens is 1090 g/mol. The summed E-state index contributed by atoms with van der Waals surface area (Å²) in [6.07, 6.45) is 1.81. The number of anilines is 4. The van der Waals surface area contributed by atoms with Gasteiger partial charge in [0.25, 0.3) is 0 Å². The van der Waals surface area contributed by atoms with Gasteiger partial charge >= 0.3 is 0 Å². The zero-order valence-electron chi connectivity index (χ0n) is 43.9. The van der Waals surface area contributed by atoms with Gasteiger partial charge in [0.1, 0.15) is 17.5 Å². The number of rotatable bonds is 10. The summed E-state index contributed by atoms with van der Waals surface area (Å²) in [6.45, 7) is 29.0. The first kappa shape index (κ1) is 51.3. The number of nitrogens with zero attached hydrogens (tertiary/aromatic N) is 4. The third-order valence-corrected chi connectivity index (χ3v) is 14.0. The molecular formula is C65H63F2N4OPt-3. The Balaban J connectivity index is 0.00000656. The van der Waals surface area contributed by atoms with Crippen molar-refractivity contribution in [2.24, 2.45) is 0 Å². The largest absolute Gasteiger partial charge is 0.509 e. The molecule has 8 heteroatoms. The number of para-hydroxylation sites is 1. The fourth-order valence-electron chi connectivity index (χ4n) is 10.4. The summed E-state index contributed by atoms with van der Waals surface area (Å²) >= 11 is 0. The van der Waals surface area contributed by atoms with E-state index in [1.54, 1.807) is 6.07 Å². The van der Waals surface area contributed by atoms with Gasteiger partial charge in [-0.1, -0.05) is 137 Å². The van der Waals surface area contributed by atoms with E-state index in [0.717, 1.165) is 78.7 Å². The minimum Gasteiger partial charge on any atom is -0.509 e. The molecule has 0 atom stereocenters. The molecule has 0 amide bonds. The van der Waals surface area contributed by atoms with Crippen LogP contribution in [-0.2, 0) is 31.9 Å². The molecule has 3 heterocycles. The first-order valence-corrected chi connectivity index (χ1v) is 25.2. The molecule has 0 bridgehead atoms. The summed E-state index contributed by atoms with van der Waals surface area (Å²) in [5, 5.41) is 2.16. The molecule has 0 fully saturated rings. The minimum atomic E-state index is -0.597. The molecule has 0 unspecified atom stereocenters. The fourth-order valence-corrected chi connectivity index (χ4v) is 10.4. The summed E-state index contributed by atoms with van der Waals surface area (Å²) in [5.74, 6) is 1.11. The second-order valence-electron chi connectivity index (χ2n) is 22.3. The van der Waals surface area contributed by atoms with Crippen molar-refractivity contribution in [3.63, 3.8) is 0 Å². The Bertz CT molecular complexity index is 3470. The average Bonchev–Trinajstić information content (AvgIpc) is 3.88. The Labute approximate surface area is 445 Å². The third kappa shape index (κ3) is 9.62. The predicted octanol–water partition coefficient (Wildman–Crippen LogP) is 18.6. The summed E-state index contributed by atoms with van der Waals surface area (Å²) in [7, 11) is 0. The van der Waals surface area contributed by atoms with Crippen molar-refractivity contribution < 1.29 is 34.6 Å². The number of hydrogen-bond donors (Lipinski definition) is 0. The number of halogens is 2. The second-order valence-corrected chi connectivity index (χ2v) is 22.3. The van der Waals surface area contributed by atoms with Crippen molar-refractivity contribution in [2.45, 2.75) is 112 Å². The van der Waals surface area contributed by atoms with Crippen LogP contribution in [0.2, 0.25) is 0 Å². The van der Waals surface area contributed by atoms with Crippen LogP contribution in [0.15, 0.2) is 140 Å². The molecule has 0 spiro atoms. The molecule has 1 aliphatic rings. The molecule has 2 aromatic heterocycles. The molecule has 0 aliphatic carbocycles. The van der Waals surface area contributed by atoms with Crippen molar-refractivity contribution in [3.8, 4) is 39.6 Å². The number of hydrogen-bond acceptors (Lipinski definition) is 4. The topological polar surface area (TPSA) is 33.5 Å². The molecule has 5 nitrogen and oxygen atoms in total. The molecule has 0 saturated heterocycles. The van der Waals surface area contributed by atoms with Gasteiger partial charge in [-0.25, -0.2) is 13.8 Å². The quantitative estimate of drug-likeness (QED) is 0.128. The zero-order chi connectivity index (χ0) is 51.0. The van der Waals surface area contributed by atoms with Crippen LogP contribution in [0, 0.1) is 30.4 Å². The van der Waals surface area contributed by atoms with Crippen LogP contribution in [0.1, 0.15) is 129 Å². The molecule has 0 saturated carbocycles. The Morgan fingerprint density at radius 2 is 1.27 bits per heavy atom. The summed E-state index contributed by atoms with van der Waals surface area (Å²) in [5.41, 5.74) is 14.5. The second kappa shape index (κ2) is 19.7. The first-order valence-electron chi connectivity index (χ1n) is 25.2. The van der Waals surface area contributed by atoms with Gasteiger partial charge in [0, 0.05) is 73.0 Å². The number of ether oxygens (including phenoxy) is 1. The zero-order valence-corrected chi connectivity index (χ0v) is 46.1. The Morgan fingerprint density at radius 3 is 1.90 bits per heavy atom. The summed E-state index contributed by atoms with van der Waals surface area (Å²) < 4.78 is 39.0. The minimum absolute atomic E-state index is 0. The summed E-state index contributed by atoms with van der Waals surface area (Å²) in [4.78, 5) is 9.32. The standard InChI is InChI=1S/C65H63F2N4O.Pt/c1-39(2)42-23-28-58-60(34-42)70(63-52(40(3)4)32-43(33-53(63)41(5)6)49-26-24-45(66)35-56(49)67)38-69(58)46-30-44(62-54(64(7,8)9)19-17-20-55(62)65(10,11)12)31-48(36-46)72-47-25-27-51-50-18-13-14-21-57(50)71(59(51)37-47)61-22-15-16-29-68-61;/h13-35,38-41H,1-12H3;/q-3;. The smallest absolute Gasteiger partial charge is 0.135 e. The normalized spacial score (nSPS) is 12.9. The molecule has 10 rings (SSSR count). The monoisotopic (exact) mass is 1150 g/mol. The maximum atomic E-state index is 15.6. The molecule has 0 N–H and O–H groups in total.